The highest BCUT2D eigenvalue weighted by Crippen LogP contribution is 2.38. The van der Waals surface area contributed by atoms with Crippen molar-refractivity contribution in [3.05, 3.63) is 89.4 Å². The van der Waals surface area contributed by atoms with Gasteiger partial charge in [-0.2, -0.15) is 5.26 Å². The van der Waals surface area contributed by atoms with Gasteiger partial charge in [-0.3, -0.25) is 9.78 Å². The number of nitriles is 1. The number of pyridine rings is 2. The molecule has 7 nitrogen and oxygen atoms in total. The fraction of sp³-hybridized carbons (Fsp3) is 0.222. The first-order valence-electron chi connectivity index (χ1n) is 11.1. The number of nitrogens with zero attached hydrogens (tertiary/aromatic N) is 3. The Kier molecular flexibility index (Phi) is 6.79. The molecular formula is C27H24N4O3. The van der Waals surface area contributed by atoms with Crippen LogP contribution in [0.25, 0.3) is 17.3 Å². The van der Waals surface area contributed by atoms with E-state index in [0.717, 1.165) is 31.2 Å². The molecular weight excluding hydrogens is 428 g/mol. The predicted octanol–water partition coefficient (Wildman–Crippen LogP) is 4.42. The Bertz CT molecular complexity index is 1270. The third-order valence-corrected chi connectivity index (χ3v) is 6.02. The molecule has 1 saturated carbocycles. The maximum absolute atomic E-state index is 13.1. The smallest absolute Gasteiger partial charge is 0.339 e. The molecule has 3 aromatic rings. The van der Waals surface area contributed by atoms with E-state index in [1.807, 2.05) is 36.4 Å². The molecule has 0 spiro atoms. The number of hydrogen-bond acceptors (Lipinski definition) is 6. The van der Waals surface area contributed by atoms with E-state index >= 15 is 0 Å². The molecule has 170 valence electrons. The summed E-state index contributed by atoms with van der Waals surface area (Å²) in [5.41, 5.74) is 2.50. The van der Waals surface area contributed by atoms with Crippen molar-refractivity contribution >= 4 is 18.0 Å². The lowest BCUT2D eigenvalue weighted by molar-refractivity contribution is -0.119. The minimum Gasteiger partial charge on any atom is -0.465 e. The lowest BCUT2D eigenvalue weighted by atomic mass is 9.88. The van der Waals surface area contributed by atoms with Gasteiger partial charge in [0.25, 0.3) is 5.91 Å². The number of aromatic nitrogens is 2. The van der Waals surface area contributed by atoms with Gasteiger partial charge in [0, 0.05) is 18.0 Å². The number of ether oxygens (including phenoxy) is 1. The van der Waals surface area contributed by atoms with Crippen LogP contribution in [0.3, 0.4) is 0 Å². The Hall–Kier alpha value is -4.31. The highest BCUT2D eigenvalue weighted by atomic mass is 16.5. The summed E-state index contributed by atoms with van der Waals surface area (Å²) in [6.07, 6.45) is 8.18. The summed E-state index contributed by atoms with van der Waals surface area (Å²) in [6, 6.07) is 18.8. The lowest BCUT2D eigenvalue weighted by Gasteiger charge is -2.31. The Morgan fingerprint density at radius 1 is 1.09 bits per heavy atom. The van der Waals surface area contributed by atoms with Crippen LogP contribution in [-0.2, 0) is 15.1 Å². The number of nitrogens with one attached hydrogen (secondary N) is 1. The SMILES string of the molecule is COC(=O)c1cncc(-c2cccc(C=C(C#N)C(=O)NC3(c4ccccc4)CCCC3)n2)c1. The van der Waals surface area contributed by atoms with Gasteiger partial charge in [-0.1, -0.05) is 49.2 Å². The van der Waals surface area contributed by atoms with Crippen LogP contribution in [0.1, 0.15) is 47.3 Å². The minimum atomic E-state index is -0.493. The topological polar surface area (TPSA) is 105 Å². The first kappa shape index (κ1) is 22.9. The average molecular weight is 453 g/mol. The normalized spacial score (nSPS) is 14.8. The van der Waals surface area contributed by atoms with Crippen molar-refractivity contribution in [2.45, 2.75) is 31.2 Å². The van der Waals surface area contributed by atoms with Crippen molar-refractivity contribution in [2.75, 3.05) is 7.11 Å². The maximum Gasteiger partial charge on any atom is 0.339 e. The van der Waals surface area contributed by atoms with E-state index in [9.17, 15) is 14.9 Å². The van der Waals surface area contributed by atoms with Gasteiger partial charge < -0.3 is 10.1 Å². The number of esters is 1. The molecule has 0 radical (unpaired) electrons. The van der Waals surface area contributed by atoms with Crippen molar-refractivity contribution in [3.8, 4) is 17.3 Å². The second-order valence-electron chi connectivity index (χ2n) is 8.18. The van der Waals surface area contributed by atoms with Crippen molar-refractivity contribution in [3.63, 3.8) is 0 Å². The van der Waals surface area contributed by atoms with Crippen LogP contribution < -0.4 is 5.32 Å². The standard InChI is InChI=1S/C27H24N4O3/c1-34-26(33)21-14-20(17-29-18-21)24-11-7-10-23(30-24)15-19(16-28)25(32)31-27(12-5-6-13-27)22-8-3-2-4-9-22/h2-4,7-11,14-15,17-18H,5-6,12-13H2,1H3,(H,31,32). The van der Waals surface area contributed by atoms with Gasteiger partial charge in [-0.05, 0) is 42.7 Å². The lowest BCUT2D eigenvalue weighted by Crippen LogP contribution is -2.44. The van der Waals surface area contributed by atoms with Crippen LogP contribution in [-0.4, -0.2) is 29.0 Å². The summed E-state index contributed by atoms with van der Waals surface area (Å²) in [5.74, 6) is -0.914. The molecule has 1 aromatic carbocycles. The number of amides is 1. The number of carbonyl (C=O) groups is 2. The van der Waals surface area contributed by atoms with Crippen LogP contribution in [0.15, 0.2) is 72.6 Å². The molecule has 1 N–H and O–H groups in total. The molecule has 7 heteroatoms. The molecule has 1 amide bonds. The van der Waals surface area contributed by atoms with E-state index in [-0.39, 0.29) is 5.57 Å². The van der Waals surface area contributed by atoms with Crippen molar-refractivity contribution in [1.82, 2.24) is 15.3 Å². The van der Waals surface area contributed by atoms with Crippen molar-refractivity contribution < 1.29 is 14.3 Å². The molecule has 1 aliphatic rings. The van der Waals surface area contributed by atoms with Gasteiger partial charge in [-0.25, -0.2) is 9.78 Å². The molecule has 34 heavy (non-hydrogen) atoms. The zero-order valence-electron chi connectivity index (χ0n) is 18.8. The molecule has 0 saturated heterocycles. The van der Waals surface area contributed by atoms with Crippen LogP contribution >= 0.6 is 0 Å². The largest absolute Gasteiger partial charge is 0.465 e. The van der Waals surface area contributed by atoms with E-state index in [0.29, 0.717) is 22.5 Å². The fourth-order valence-electron chi connectivity index (χ4n) is 4.30. The van der Waals surface area contributed by atoms with Crippen LogP contribution in [0, 0.1) is 11.3 Å². The van der Waals surface area contributed by atoms with E-state index < -0.39 is 17.4 Å². The third-order valence-electron chi connectivity index (χ3n) is 6.02. The summed E-state index contributed by atoms with van der Waals surface area (Å²) in [5, 5.41) is 12.9. The van der Waals surface area contributed by atoms with E-state index in [4.69, 9.17) is 4.74 Å². The van der Waals surface area contributed by atoms with Gasteiger partial charge >= 0.3 is 5.97 Å². The number of hydrogen-bond donors (Lipinski definition) is 1. The monoisotopic (exact) mass is 452 g/mol. The molecule has 2 heterocycles. The zero-order chi connectivity index (χ0) is 24.0. The first-order valence-corrected chi connectivity index (χ1v) is 11.1. The van der Waals surface area contributed by atoms with Gasteiger partial charge in [-0.15, -0.1) is 0 Å². The van der Waals surface area contributed by atoms with Gasteiger partial charge in [0.1, 0.15) is 11.6 Å². The number of carbonyl (C=O) groups excluding carboxylic acids is 2. The number of methoxy groups -OCH3 is 1. The Morgan fingerprint density at radius 2 is 1.85 bits per heavy atom. The summed E-state index contributed by atoms with van der Waals surface area (Å²) in [4.78, 5) is 33.6. The molecule has 0 aliphatic heterocycles. The van der Waals surface area contributed by atoms with Crippen molar-refractivity contribution in [2.24, 2.45) is 0 Å². The molecule has 1 fully saturated rings. The summed E-state index contributed by atoms with van der Waals surface area (Å²) >= 11 is 0. The first-order chi connectivity index (χ1) is 16.5. The highest BCUT2D eigenvalue weighted by Gasteiger charge is 2.37. The van der Waals surface area contributed by atoms with Crippen LogP contribution in [0.2, 0.25) is 0 Å². The summed E-state index contributed by atoms with van der Waals surface area (Å²) in [7, 11) is 1.31. The quantitative estimate of drug-likeness (QED) is 0.337. The molecule has 1 aliphatic carbocycles. The zero-order valence-corrected chi connectivity index (χ0v) is 18.8. The van der Waals surface area contributed by atoms with Crippen LogP contribution in [0.4, 0.5) is 0 Å². The Morgan fingerprint density at radius 3 is 2.56 bits per heavy atom. The molecule has 0 bridgehead atoms. The summed E-state index contributed by atoms with van der Waals surface area (Å²) in [6.45, 7) is 0. The molecule has 0 unspecified atom stereocenters. The maximum atomic E-state index is 13.1. The molecule has 4 rings (SSSR count). The van der Waals surface area contributed by atoms with E-state index in [2.05, 4.69) is 15.3 Å². The Labute approximate surface area is 198 Å². The molecule has 2 aromatic heterocycles. The summed E-state index contributed by atoms with van der Waals surface area (Å²) < 4.78 is 4.75. The second-order valence-corrected chi connectivity index (χ2v) is 8.18. The predicted molar refractivity (Wildman–Crippen MR) is 127 cm³/mol. The second kappa shape index (κ2) is 10.1. The van der Waals surface area contributed by atoms with Crippen LogP contribution in [0.5, 0.6) is 0 Å². The van der Waals surface area contributed by atoms with Gasteiger partial charge in [0.05, 0.1) is 29.6 Å². The Balaban J connectivity index is 1.60. The average Bonchev–Trinajstić information content (AvgIpc) is 3.37. The fourth-order valence-corrected chi connectivity index (χ4v) is 4.30. The van der Waals surface area contributed by atoms with Gasteiger partial charge in [0.2, 0.25) is 0 Å². The highest BCUT2D eigenvalue weighted by molar-refractivity contribution is 6.02. The molecule has 0 atom stereocenters. The van der Waals surface area contributed by atoms with Gasteiger partial charge in [0.15, 0.2) is 0 Å². The number of benzene rings is 1. The number of rotatable bonds is 6. The van der Waals surface area contributed by atoms with E-state index in [1.54, 1.807) is 30.5 Å². The minimum absolute atomic E-state index is 0.0201. The van der Waals surface area contributed by atoms with E-state index in [1.165, 1.54) is 19.4 Å². The third kappa shape index (κ3) is 4.86. The van der Waals surface area contributed by atoms with Crippen molar-refractivity contribution in [1.29, 1.82) is 5.26 Å².